The van der Waals surface area contributed by atoms with E-state index in [1.807, 2.05) is 41.4 Å². The van der Waals surface area contributed by atoms with E-state index in [1.54, 1.807) is 0 Å². The first-order valence-electron chi connectivity index (χ1n) is 6.02. The summed E-state index contributed by atoms with van der Waals surface area (Å²) in [5, 5.41) is 12.0. The van der Waals surface area contributed by atoms with Gasteiger partial charge in [0.15, 0.2) is 0 Å². The highest BCUT2D eigenvalue weighted by Gasteiger charge is 1.99. The van der Waals surface area contributed by atoms with E-state index in [0.29, 0.717) is 5.56 Å². The van der Waals surface area contributed by atoms with E-state index in [2.05, 4.69) is 23.3 Å². The fourth-order valence-corrected chi connectivity index (χ4v) is 1.73. The van der Waals surface area contributed by atoms with Gasteiger partial charge < -0.3 is 9.88 Å². The van der Waals surface area contributed by atoms with E-state index in [0.717, 1.165) is 25.3 Å². The minimum atomic E-state index is 0.692. The van der Waals surface area contributed by atoms with E-state index in [1.165, 1.54) is 5.56 Å². The van der Waals surface area contributed by atoms with E-state index in [-0.39, 0.29) is 0 Å². The molecule has 1 aromatic heterocycles. The largest absolute Gasteiger partial charge is 0.333 e. The molecule has 2 aromatic rings. The van der Waals surface area contributed by atoms with Crippen LogP contribution in [0.3, 0.4) is 0 Å². The maximum Gasteiger partial charge on any atom is 0.0991 e. The molecule has 4 nitrogen and oxygen atoms in total. The fraction of sp³-hybridized carbons (Fsp3) is 0.286. The van der Waals surface area contributed by atoms with Gasteiger partial charge in [0.05, 0.1) is 23.7 Å². The van der Waals surface area contributed by atoms with Crippen LogP contribution >= 0.6 is 0 Å². The van der Waals surface area contributed by atoms with Crippen LogP contribution in [-0.2, 0) is 13.1 Å². The molecule has 0 fully saturated rings. The van der Waals surface area contributed by atoms with E-state index in [4.69, 9.17) is 5.26 Å². The molecule has 2 rings (SSSR count). The first-order valence-corrected chi connectivity index (χ1v) is 6.02. The summed E-state index contributed by atoms with van der Waals surface area (Å²) >= 11 is 0. The van der Waals surface area contributed by atoms with Crippen LogP contribution in [0.15, 0.2) is 36.8 Å². The summed E-state index contributed by atoms with van der Waals surface area (Å²) in [5.74, 6) is 0. The van der Waals surface area contributed by atoms with Gasteiger partial charge in [-0.1, -0.05) is 19.1 Å². The van der Waals surface area contributed by atoms with Gasteiger partial charge in [0.1, 0.15) is 0 Å². The Hall–Kier alpha value is -2.12. The van der Waals surface area contributed by atoms with Crippen LogP contribution < -0.4 is 5.32 Å². The quantitative estimate of drug-likeness (QED) is 0.868. The van der Waals surface area contributed by atoms with Crippen LogP contribution in [0.4, 0.5) is 0 Å². The van der Waals surface area contributed by atoms with Crippen LogP contribution in [0.5, 0.6) is 0 Å². The number of nitrogens with one attached hydrogen (secondary N) is 1. The zero-order valence-electron chi connectivity index (χ0n) is 10.4. The van der Waals surface area contributed by atoms with Crippen molar-refractivity contribution >= 4 is 0 Å². The molecule has 0 spiro atoms. The maximum absolute atomic E-state index is 8.73. The van der Waals surface area contributed by atoms with Crippen molar-refractivity contribution in [3.63, 3.8) is 0 Å². The molecule has 0 amide bonds. The highest BCUT2D eigenvalue weighted by atomic mass is 15.0. The van der Waals surface area contributed by atoms with Crippen molar-refractivity contribution < 1.29 is 0 Å². The molecule has 0 aliphatic rings. The van der Waals surface area contributed by atoms with Crippen LogP contribution in [-0.4, -0.2) is 16.1 Å². The molecule has 0 bridgehead atoms. The van der Waals surface area contributed by atoms with Gasteiger partial charge in [0, 0.05) is 19.3 Å². The topological polar surface area (TPSA) is 53.6 Å². The summed E-state index contributed by atoms with van der Waals surface area (Å²) in [6.45, 7) is 4.61. The molecular weight excluding hydrogens is 224 g/mol. The Morgan fingerprint density at radius 2 is 2.11 bits per heavy atom. The highest BCUT2D eigenvalue weighted by Crippen LogP contribution is 2.06. The van der Waals surface area contributed by atoms with Gasteiger partial charge >= 0.3 is 0 Å². The Balaban J connectivity index is 2.00. The smallest absolute Gasteiger partial charge is 0.0991 e. The van der Waals surface area contributed by atoms with Gasteiger partial charge in [-0.05, 0) is 24.2 Å². The molecule has 0 atom stereocenters. The predicted molar refractivity (Wildman–Crippen MR) is 69.9 cm³/mol. The number of aromatic nitrogens is 2. The SMILES string of the molecule is CCNCc1cn(Cc2ccc(C#N)cc2)cn1. The molecule has 0 aliphatic carbocycles. The summed E-state index contributed by atoms with van der Waals surface area (Å²) in [6, 6.07) is 9.75. The third-order valence-corrected chi connectivity index (χ3v) is 2.69. The number of imidazole rings is 1. The summed E-state index contributed by atoms with van der Waals surface area (Å²) < 4.78 is 2.05. The van der Waals surface area contributed by atoms with E-state index >= 15 is 0 Å². The van der Waals surface area contributed by atoms with Gasteiger partial charge in [-0.15, -0.1) is 0 Å². The van der Waals surface area contributed by atoms with Gasteiger partial charge in [-0.25, -0.2) is 4.98 Å². The molecule has 0 saturated heterocycles. The lowest BCUT2D eigenvalue weighted by atomic mass is 10.1. The third-order valence-electron chi connectivity index (χ3n) is 2.69. The van der Waals surface area contributed by atoms with Crippen LogP contribution in [0.2, 0.25) is 0 Å². The first kappa shape index (κ1) is 12.3. The normalized spacial score (nSPS) is 10.2. The lowest BCUT2D eigenvalue weighted by Crippen LogP contribution is -2.11. The van der Waals surface area contributed by atoms with Crippen LogP contribution in [0, 0.1) is 11.3 Å². The number of hydrogen-bond donors (Lipinski definition) is 1. The molecule has 92 valence electrons. The predicted octanol–water partition coefficient (Wildman–Crippen LogP) is 1.91. The summed E-state index contributed by atoms with van der Waals surface area (Å²) in [7, 11) is 0. The summed E-state index contributed by atoms with van der Waals surface area (Å²) in [6.07, 6.45) is 3.88. The van der Waals surface area contributed by atoms with E-state index < -0.39 is 0 Å². The molecule has 1 N–H and O–H groups in total. The average Bonchev–Trinajstić information content (AvgIpc) is 2.85. The highest BCUT2D eigenvalue weighted by molar-refractivity contribution is 5.31. The van der Waals surface area contributed by atoms with Crippen molar-refractivity contribution in [2.75, 3.05) is 6.54 Å². The van der Waals surface area contributed by atoms with Crippen molar-refractivity contribution in [1.29, 1.82) is 5.26 Å². The molecular formula is C14H16N4. The summed E-state index contributed by atoms with van der Waals surface area (Å²) in [4.78, 5) is 4.33. The Morgan fingerprint density at radius 1 is 1.33 bits per heavy atom. The van der Waals surface area contributed by atoms with Crippen molar-refractivity contribution in [1.82, 2.24) is 14.9 Å². The second-order valence-corrected chi connectivity index (χ2v) is 4.13. The Bertz CT molecular complexity index is 534. The molecule has 0 saturated carbocycles. The zero-order valence-corrected chi connectivity index (χ0v) is 10.4. The number of hydrogen-bond acceptors (Lipinski definition) is 3. The number of benzene rings is 1. The molecule has 18 heavy (non-hydrogen) atoms. The minimum absolute atomic E-state index is 0.692. The summed E-state index contributed by atoms with van der Waals surface area (Å²) in [5.41, 5.74) is 2.91. The standard InChI is InChI=1S/C14H16N4/c1-2-16-8-14-10-18(11-17-14)9-13-5-3-12(7-15)4-6-13/h3-6,10-11,16H,2,8-9H2,1H3. The lowest BCUT2D eigenvalue weighted by molar-refractivity contribution is 0.712. The monoisotopic (exact) mass is 240 g/mol. The van der Waals surface area contributed by atoms with Crippen molar-refractivity contribution in [2.45, 2.75) is 20.0 Å². The number of rotatable bonds is 5. The first-order chi connectivity index (χ1) is 8.81. The number of nitrogens with zero attached hydrogens (tertiary/aromatic N) is 3. The molecule has 0 aliphatic heterocycles. The van der Waals surface area contributed by atoms with Gasteiger partial charge in [0.25, 0.3) is 0 Å². The maximum atomic E-state index is 8.73. The molecule has 4 heteroatoms. The second-order valence-electron chi connectivity index (χ2n) is 4.13. The van der Waals surface area contributed by atoms with Crippen LogP contribution in [0.1, 0.15) is 23.7 Å². The van der Waals surface area contributed by atoms with E-state index in [9.17, 15) is 0 Å². The lowest BCUT2D eigenvalue weighted by Gasteiger charge is -2.02. The molecule has 1 aromatic carbocycles. The number of nitriles is 1. The fourth-order valence-electron chi connectivity index (χ4n) is 1.73. The van der Waals surface area contributed by atoms with Gasteiger partial charge in [0.2, 0.25) is 0 Å². The Labute approximate surface area is 107 Å². The zero-order chi connectivity index (χ0) is 12.8. The average molecular weight is 240 g/mol. The molecule has 1 heterocycles. The Morgan fingerprint density at radius 3 is 2.78 bits per heavy atom. The van der Waals surface area contributed by atoms with Gasteiger partial charge in [-0.3, -0.25) is 0 Å². The van der Waals surface area contributed by atoms with Crippen molar-refractivity contribution in [2.24, 2.45) is 0 Å². The van der Waals surface area contributed by atoms with Crippen molar-refractivity contribution in [3.8, 4) is 6.07 Å². The Kier molecular flexibility index (Phi) is 4.11. The van der Waals surface area contributed by atoms with Crippen molar-refractivity contribution in [3.05, 3.63) is 53.6 Å². The molecule has 0 unspecified atom stereocenters. The third kappa shape index (κ3) is 3.19. The minimum Gasteiger partial charge on any atom is -0.333 e. The van der Waals surface area contributed by atoms with Gasteiger partial charge in [-0.2, -0.15) is 5.26 Å². The molecule has 0 radical (unpaired) electrons. The second kappa shape index (κ2) is 5.99. The van der Waals surface area contributed by atoms with Crippen LogP contribution in [0.25, 0.3) is 0 Å².